The van der Waals surface area contributed by atoms with Gasteiger partial charge in [0, 0.05) is 24.1 Å². The van der Waals surface area contributed by atoms with Crippen molar-refractivity contribution in [1.82, 2.24) is 10.0 Å². The first-order valence-corrected chi connectivity index (χ1v) is 9.99. The van der Waals surface area contributed by atoms with Crippen molar-refractivity contribution in [2.24, 2.45) is 10.9 Å². The third kappa shape index (κ3) is 4.28. The zero-order chi connectivity index (χ0) is 19.4. The zero-order valence-corrected chi connectivity index (χ0v) is 15.9. The molecule has 1 heterocycles. The standard InChI is InChI=1S/C19H21N3O4S/c1-13-3-9-16-18(13)19(22-27(16,24)25)21-12-11-20-17(23)10-6-14-4-7-15(26-2)8-5-14/h3-10,13H,11-12H2,1-2H3,(H,20,23)(H,21,22)/b10-6+. The Bertz CT molecular complexity index is 957. The number of amidine groups is 1. The number of benzene rings is 1. The molecule has 2 aliphatic rings. The molecule has 27 heavy (non-hydrogen) atoms. The first-order chi connectivity index (χ1) is 12.9. The van der Waals surface area contributed by atoms with Crippen LogP contribution in [0, 0.1) is 5.92 Å². The van der Waals surface area contributed by atoms with Crippen LogP contribution in [-0.2, 0) is 14.8 Å². The summed E-state index contributed by atoms with van der Waals surface area (Å²) in [6, 6.07) is 7.34. The maximum atomic E-state index is 12.0. The SMILES string of the molecule is COc1ccc(/C=C/C(=O)NCCN=C2NS(=O)(=O)C3=C2C(C)C=C3)cc1. The van der Waals surface area contributed by atoms with E-state index in [0.717, 1.165) is 11.3 Å². The lowest BCUT2D eigenvalue weighted by molar-refractivity contribution is -0.116. The molecular formula is C19H21N3O4S. The summed E-state index contributed by atoms with van der Waals surface area (Å²) in [5.74, 6) is 0.883. The molecule has 0 fully saturated rings. The van der Waals surface area contributed by atoms with E-state index in [0.29, 0.717) is 22.9 Å². The number of hydrogen-bond donors (Lipinski definition) is 2. The van der Waals surface area contributed by atoms with E-state index in [2.05, 4.69) is 15.0 Å². The van der Waals surface area contributed by atoms with Gasteiger partial charge in [0.25, 0.3) is 10.0 Å². The average molecular weight is 387 g/mol. The van der Waals surface area contributed by atoms with Gasteiger partial charge in [-0.25, -0.2) is 8.42 Å². The van der Waals surface area contributed by atoms with Crippen molar-refractivity contribution >= 4 is 27.8 Å². The number of carbonyl (C=O) groups excluding carboxylic acids is 1. The first kappa shape index (κ1) is 18.9. The van der Waals surface area contributed by atoms with Gasteiger partial charge in [-0.1, -0.05) is 25.1 Å². The smallest absolute Gasteiger partial charge is 0.263 e. The monoisotopic (exact) mass is 387 g/mol. The maximum Gasteiger partial charge on any atom is 0.263 e. The third-order valence-electron chi connectivity index (χ3n) is 4.26. The summed E-state index contributed by atoms with van der Waals surface area (Å²) >= 11 is 0. The van der Waals surface area contributed by atoms with E-state index in [1.54, 1.807) is 19.3 Å². The van der Waals surface area contributed by atoms with E-state index in [4.69, 9.17) is 4.74 Å². The van der Waals surface area contributed by atoms with Crippen molar-refractivity contribution < 1.29 is 17.9 Å². The van der Waals surface area contributed by atoms with Crippen molar-refractivity contribution in [2.75, 3.05) is 20.2 Å². The molecular weight excluding hydrogens is 366 g/mol. The third-order valence-corrected chi connectivity index (χ3v) is 5.65. The van der Waals surface area contributed by atoms with Gasteiger partial charge in [0.15, 0.2) is 0 Å². The highest BCUT2D eigenvalue weighted by molar-refractivity contribution is 7.94. The van der Waals surface area contributed by atoms with Gasteiger partial charge < -0.3 is 10.1 Å². The highest BCUT2D eigenvalue weighted by atomic mass is 32.2. The van der Waals surface area contributed by atoms with E-state index in [1.165, 1.54) is 6.08 Å². The van der Waals surface area contributed by atoms with Crippen molar-refractivity contribution in [3.05, 3.63) is 58.5 Å². The number of amides is 1. The average Bonchev–Trinajstić information content (AvgIpc) is 3.16. The Balaban J connectivity index is 1.51. The molecule has 1 aliphatic heterocycles. The number of allylic oxidation sites excluding steroid dienone is 2. The fourth-order valence-corrected chi connectivity index (χ4v) is 4.22. The quantitative estimate of drug-likeness (QED) is 0.573. The Labute approximate surface area is 158 Å². The number of ether oxygens (including phenoxy) is 1. The molecule has 8 heteroatoms. The molecule has 1 aromatic rings. The summed E-state index contributed by atoms with van der Waals surface area (Å²) < 4.78 is 31.6. The van der Waals surface area contributed by atoms with Crippen LogP contribution in [0.3, 0.4) is 0 Å². The predicted molar refractivity (Wildman–Crippen MR) is 105 cm³/mol. The van der Waals surface area contributed by atoms with Crippen LogP contribution in [0.15, 0.2) is 58.0 Å². The molecule has 142 valence electrons. The summed E-state index contributed by atoms with van der Waals surface area (Å²) in [4.78, 5) is 16.5. The lowest BCUT2D eigenvalue weighted by atomic mass is 10.1. The number of nitrogens with zero attached hydrogens (tertiary/aromatic N) is 1. The molecule has 1 aliphatic carbocycles. The number of rotatable bonds is 6. The van der Waals surface area contributed by atoms with Crippen molar-refractivity contribution in [3.63, 3.8) is 0 Å². The number of methoxy groups -OCH3 is 1. The maximum absolute atomic E-state index is 12.0. The molecule has 1 amide bonds. The minimum Gasteiger partial charge on any atom is -0.497 e. The second-order valence-electron chi connectivity index (χ2n) is 6.16. The van der Waals surface area contributed by atoms with E-state index in [-0.39, 0.29) is 18.4 Å². The first-order valence-electron chi connectivity index (χ1n) is 8.50. The van der Waals surface area contributed by atoms with Crippen molar-refractivity contribution in [1.29, 1.82) is 0 Å². The summed E-state index contributed by atoms with van der Waals surface area (Å²) in [5.41, 5.74) is 1.58. The van der Waals surface area contributed by atoms with Gasteiger partial charge in [-0.15, -0.1) is 0 Å². The molecule has 1 unspecified atom stereocenters. The van der Waals surface area contributed by atoms with Crippen LogP contribution in [0.1, 0.15) is 12.5 Å². The predicted octanol–water partition coefficient (Wildman–Crippen LogP) is 1.62. The number of aliphatic imine (C=N–C) groups is 1. The highest BCUT2D eigenvalue weighted by Crippen LogP contribution is 2.33. The number of hydrogen-bond acceptors (Lipinski definition) is 5. The molecule has 0 saturated heterocycles. The number of nitrogens with one attached hydrogen (secondary N) is 2. The second kappa shape index (κ2) is 7.79. The molecule has 0 spiro atoms. The molecule has 1 aromatic carbocycles. The Morgan fingerprint density at radius 1 is 1.33 bits per heavy atom. The molecule has 0 radical (unpaired) electrons. The number of carbonyl (C=O) groups is 1. The summed E-state index contributed by atoms with van der Waals surface area (Å²) in [7, 11) is -1.90. The lowest BCUT2D eigenvalue weighted by Crippen LogP contribution is -2.28. The largest absolute Gasteiger partial charge is 0.497 e. The molecule has 0 bridgehead atoms. The van der Waals surface area contributed by atoms with Crippen LogP contribution in [0.25, 0.3) is 6.08 Å². The van der Waals surface area contributed by atoms with Gasteiger partial charge in [0.2, 0.25) is 5.91 Å². The summed E-state index contributed by atoms with van der Waals surface area (Å²) in [6.45, 7) is 2.51. The number of sulfonamides is 1. The van der Waals surface area contributed by atoms with Gasteiger partial charge >= 0.3 is 0 Å². The molecule has 0 aromatic heterocycles. The molecule has 0 saturated carbocycles. The van der Waals surface area contributed by atoms with Gasteiger partial charge in [-0.05, 0) is 29.8 Å². The zero-order valence-electron chi connectivity index (χ0n) is 15.1. The van der Waals surface area contributed by atoms with E-state index < -0.39 is 10.0 Å². The minimum absolute atomic E-state index is 0.00514. The molecule has 1 atom stereocenters. The fraction of sp³-hybridized carbons (Fsp3) is 0.263. The van der Waals surface area contributed by atoms with Crippen molar-refractivity contribution in [2.45, 2.75) is 6.92 Å². The van der Waals surface area contributed by atoms with Gasteiger partial charge in [0.05, 0.1) is 18.6 Å². The Morgan fingerprint density at radius 3 is 2.78 bits per heavy atom. The van der Waals surface area contributed by atoms with Crippen molar-refractivity contribution in [3.8, 4) is 5.75 Å². The molecule has 3 rings (SSSR count). The lowest BCUT2D eigenvalue weighted by Gasteiger charge is -2.07. The van der Waals surface area contributed by atoms with Gasteiger partial charge in [-0.3, -0.25) is 14.5 Å². The van der Waals surface area contributed by atoms with Crippen LogP contribution < -0.4 is 14.8 Å². The van der Waals surface area contributed by atoms with E-state index in [1.807, 2.05) is 37.3 Å². The van der Waals surface area contributed by atoms with Crippen LogP contribution in [0.5, 0.6) is 5.75 Å². The minimum atomic E-state index is -3.50. The fourth-order valence-electron chi connectivity index (χ4n) is 2.86. The van der Waals surface area contributed by atoms with Crippen LogP contribution >= 0.6 is 0 Å². The Kier molecular flexibility index (Phi) is 5.46. The normalized spacial score (nSPS) is 21.6. The van der Waals surface area contributed by atoms with Gasteiger partial charge in [0.1, 0.15) is 11.6 Å². The van der Waals surface area contributed by atoms with E-state index >= 15 is 0 Å². The topological polar surface area (TPSA) is 96.9 Å². The Morgan fingerprint density at radius 2 is 2.07 bits per heavy atom. The summed E-state index contributed by atoms with van der Waals surface area (Å²) in [6.07, 6.45) is 6.59. The van der Waals surface area contributed by atoms with Crippen LogP contribution in [0.4, 0.5) is 0 Å². The van der Waals surface area contributed by atoms with E-state index in [9.17, 15) is 13.2 Å². The second-order valence-corrected chi connectivity index (χ2v) is 7.81. The highest BCUT2D eigenvalue weighted by Gasteiger charge is 2.37. The van der Waals surface area contributed by atoms with Crippen LogP contribution in [0.2, 0.25) is 0 Å². The molecule has 7 nitrogen and oxygen atoms in total. The van der Waals surface area contributed by atoms with Gasteiger partial charge in [-0.2, -0.15) is 0 Å². The Hall–Kier alpha value is -2.87. The van der Waals surface area contributed by atoms with Crippen LogP contribution in [-0.4, -0.2) is 40.4 Å². The molecule has 2 N–H and O–H groups in total. The summed E-state index contributed by atoms with van der Waals surface area (Å²) in [5, 5.41) is 2.72.